The molecular formula is C17H16N4O3. The Morgan fingerprint density at radius 3 is 2.58 bits per heavy atom. The van der Waals surface area contributed by atoms with Crippen LogP contribution >= 0.6 is 0 Å². The molecule has 0 radical (unpaired) electrons. The number of aromatic nitrogens is 2. The molecule has 0 fully saturated rings. The van der Waals surface area contributed by atoms with Gasteiger partial charge in [-0.05, 0) is 11.6 Å². The van der Waals surface area contributed by atoms with Crippen LogP contribution in [0.25, 0.3) is 10.9 Å². The summed E-state index contributed by atoms with van der Waals surface area (Å²) in [5, 5.41) is 3.13. The minimum Gasteiger partial charge on any atom is -0.368 e. The van der Waals surface area contributed by atoms with E-state index in [1.165, 1.54) is 10.8 Å². The Hall–Kier alpha value is -3.35. The maximum Gasteiger partial charge on any atom is 0.274 e. The summed E-state index contributed by atoms with van der Waals surface area (Å²) in [5.74, 6) is -1.15. The first-order chi connectivity index (χ1) is 11.5. The topological polar surface area (TPSA) is 110 Å². The normalized spacial score (nSPS) is 12.0. The monoisotopic (exact) mass is 324 g/mol. The van der Waals surface area contributed by atoms with Gasteiger partial charge in [-0.25, -0.2) is 0 Å². The van der Waals surface area contributed by atoms with Crippen molar-refractivity contribution in [2.24, 2.45) is 12.8 Å². The van der Waals surface area contributed by atoms with Gasteiger partial charge in [0.2, 0.25) is 5.91 Å². The standard InChI is InChI=1S/C17H16N4O3/c1-21-9-12(11-7-8-19-14(11)17(21)24)16(23)20-13(15(18)22)10-5-3-2-4-6-10/h2-9,13,19H,1H3,(H2,18,22)(H,20,23)/t13-/m1/s1. The molecule has 3 aromatic rings. The predicted molar refractivity (Wildman–Crippen MR) is 89.4 cm³/mol. The number of rotatable bonds is 4. The summed E-state index contributed by atoms with van der Waals surface area (Å²) in [4.78, 5) is 39.3. The van der Waals surface area contributed by atoms with Crippen LogP contribution in [-0.2, 0) is 11.8 Å². The number of fused-ring (bicyclic) bond motifs is 1. The molecule has 0 bridgehead atoms. The van der Waals surface area contributed by atoms with Crippen molar-refractivity contribution in [3.63, 3.8) is 0 Å². The molecule has 7 heteroatoms. The summed E-state index contributed by atoms with van der Waals surface area (Å²) in [6, 6.07) is 9.43. The average Bonchev–Trinajstić information content (AvgIpc) is 3.06. The number of carbonyl (C=O) groups is 2. The lowest BCUT2D eigenvalue weighted by Gasteiger charge is -2.16. The Bertz CT molecular complexity index is 972. The second kappa shape index (κ2) is 6.04. The zero-order chi connectivity index (χ0) is 17.3. The molecule has 2 amide bonds. The summed E-state index contributed by atoms with van der Waals surface area (Å²) < 4.78 is 1.32. The van der Waals surface area contributed by atoms with E-state index in [0.29, 0.717) is 16.5 Å². The van der Waals surface area contributed by atoms with Crippen LogP contribution in [-0.4, -0.2) is 21.4 Å². The molecule has 4 N–H and O–H groups in total. The smallest absolute Gasteiger partial charge is 0.274 e. The van der Waals surface area contributed by atoms with Gasteiger partial charge in [0.1, 0.15) is 11.6 Å². The summed E-state index contributed by atoms with van der Waals surface area (Å²) >= 11 is 0. The van der Waals surface area contributed by atoms with Crippen LogP contribution in [0, 0.1) is 0 Å². The second-order valence-electron chi connectivity index (χ2n) is 5.44. The van der Waals surface area contributed by atoms with Crippen molar-refractivity contribution < 1.29 is 9.59 Å². The molecule has 3 rings (SSSR count). The second-order valence-corrected chi connectivity index (χ2v) is 5.44. The van der Waals surface area contributed by atoms with Crippen LogP contribution in [0.4, 0.5) is 0 Å². The van der Waals surface area contributed by atoms with E-state index in [4.69, 9.17) is 5.73 Å². The third-order valence-electron chi connectivity index (χ3n) is 3.83. The number of nitrogens with zero attached hydrogens (tertiary/aromatic N) is 1. The Morgan fingerprint density at radius 1 is 1.21 bits per heavy atom. The van der Waals surface area contributed by atoms with Gasteiger partial charge in [-0.2, -0.15) is 0 Å². The fourth-order valence-corrected chi connectivity index (χ4v) is 2.62. The van der Waals surface area contributed by atoms with Crippen molar-refractivity contribution in [1.82, 2.24) is 14.9 Å². The highest BCUT2D eigenvalue weighted by atomic mass is 16.2. The number of aromatic amines is 1. The van der Waals surface area contributed by atoms with Gasteiger partial charge in [0, 0.05) is 24.8 Å². The van der Waals surface area contributed by atoms with E-state index < -0.39 is 17.9 Å². The van der Waals surface area contributed by atoms with E-state index in [0.717, 1.165) is 0 Å². The predicted octanol–water partition coefficient (Wildman–Crippen LogP) is 0.823. The number of amides is 2. The number of H-pyrrole nitrogens is 1. The fourth-order valence-electron chi connectivity index (χ4n) is 2.62. The van der Waals surface area contributed by atoms with Crippen molar-refractivity contribution >= 4 is 22.7 Å². The number of hydrogen-bond donors (Lipinski definition) is 3. The number of carbonyl (C=O) groups excluding carboxylic acids is 2. The van der Waals surface area contributed by atoms with Gasteiger partial charge in [-0.15, -0.1) is 0 Å². The van der Waals surface area contributed by atoms with Crippen LogP contribution in [0.3, 0.4) is 0 Å². The Kier molecular flexibility index (Phi) is 3.91. The zero-order valence-corrected chi connectivity index (χ0v) is 12.9. The first-order valence-electron chi connectivity index (χ1n) is 7.31. The van der Waals surface area contributed by atoms with Gasteiger partial charge in [-0.1, -0.05) is 30.3 Å². The molecule has 0 saturated carbocycles. The maximum absolute atomic E-state index is 12.7. The van der Waals surface area contributed by atoms with Gasteiger partial charge in [-0.3, -0.25) is 14.4 Å². The highest BCUT2D eigenvalue weighted by Crippen LogP contribution is 2.17. The van der Waals surface area contributed by atoms with Crippen LogP contribution in [0.1, 0.15) is 22.0 Å². The molecular weight excluding hydrogens is 308 g/mol. The van der Waals surface area contributed by atoms with Crippen molar-refractivity contribution in [3.05, 3.63) is 70.3 Å². The minimum atomic E-state index is -0.954. The summed E-state index contributed by atoms with van der Waals surface area (Å²) in [7, 11) is 1.56. The van der Waals surface area contributed by atoms with Crippen LogP contribution in [0.15, 0.2) is 53.6 Å². The molecule has 2 aromatic heterocycles. The SMILES string of the molecule is Cn1cc(C(=O)N[C@@H](C(N)=O)c2ccccc2)c2cc[nH]c2c1=O. The first-order valence-corrected chi connectivity index (χ1v) is 7.31. The highest BCUT2D eigenvalue weighted by molar-refractivity contribution is 6.07. The van der Waals surface area contributed by atoms with Crippen LogP contribution in [0.5, 0.6) is 0 Å². The fraction of sp³-hybridized carbons (Fsp3) is 0.118. The Balaban J connectivity index is 2.00. The van der Waals surface area contributed by atoms with Crippen molar-refractivity contribution in [3.8, 4) is 0 Å². The number of nitrogens with two attached hydrogens (primary N) is 1. The maximum atomic E-state index is 12.7. The molecule has 0 aliphatic rings. The van der Waals surface area contributed by atoms with Gasteiger partial charge < -0.3 is 20.6 Å². The molecule has 2 heterocycles. The van der Waals surface area contributed by atoms with E-state index in [2.05, 4.69) is 10.3 Å². The number of aryl methyl sites for hydroxylation is 1. The minimum absolute atomic E-state index is 0.235. The van der Waals surface area contributed by atoms with E-state index >= 15 is 0 Å². The lowest BCUT2D eigenvalue weighted by atomic mass is 10.1. The molecule has 0 saturated heterocycles. The van der Waals surface area contributed by atoms with Crippen LogP contribution < -0.4 is 16.6 Å². The van der Waals surface area contributed by atoms with Gasteiger partial charge >= 0.3 is 0 Å². The third kappa shape index (κ3) is 2.67. The number of hydrogen-bond acceptors (Lipinski definition) is 3. The first kappa shape index (κ1) is 15.5. The molecule has 122 valence electrons. The zero-order valence-electron chi connectivity index (χ0n) is 12.9. The molecule has 7 nitrogen and oxygen atoms in total. The van der Waals surface area contributed by atoms with Crippen molar-refractivity contribution in [1.29, 1.82) is 0 Å². The summed E-state index contributed by atoms with van der Waals surface area (Å²) in [6.07, 6.45) is 3.03. The summed E-state index contributed by atoms with van der Waals surface area (Å²) in [6.45, 7) is 0. The number of primary amides is 1. The van der Waals surface area contributed by atoms with E-state index in [1.807, 2.05) is 0 Å². The number of benzene rings is 1. The Morgan fingerprint density at radius 2 is 1.92 bits per heavy atom. The van der Waals surface area contributed by atoms with E-state index in [9.17, 15) is 14.4 Å². The molecule has 0 unspecified atom stereocenters. The number of nitrogens with one attached hydrogen (secondary N) is 2. The van der Waals surface area contributed by atoms with Gasteiger partial charge in [0.05, 0.1) is 5.56 Å². The molecule has 0 spiro atoms. The lowest BCUT2D eigenvalue weighted by Crippen LogP contribution is -2.38. The highest BCUT2D eigenvalue weighted by Gasteiger charge is 2.22. The largest absolute Gasteiger partial charge is 0.368 e. The Labute approximate surface area is 137 Å². The van der Waals surface area contributed by atoms with Crippen LogP contribution in [0.2, 0.25) is 0 Å². The molecule has 0 aliphatic heterocycles. The molecule has 24 heavy (non-hydrogen) atoms. The van der Waals surface area contributed by atoms with Gasteiger partial charge in [0.25, 0.3) is 11.5 Å². The third-order valence-corrected chi connectivity index (χ3v) is 3.83. The average molecular weight is 324 g/mol. The lowest BCUT2D eigenvalue weighted by molar-refractivity contribution is -0.120. The van der Waals surface area contributed by atoms with Crippen molar-refractivity contribution in [2.75, 3.05) is 0 Å². The van der Waals surface area contributed by atoms with E-state index in [1.54, 1.807) is 49.6 Å². The van der Waals surface area contributed by atoms with Crippen molar-refractivity contribution in [2.45, 2.75) is 6.04 Å². The summed E-state index contributed by atoms with van der Waals surface area (Å²) in [5.41, 5.74) is 6.40. The quantitative estimate of drug-likeness (QED) is 0.661. The van der Waals surface area contributed by atoms with Gasteiger partial charge in [0.15, 0.2) is 0 Å². The molecule has 0 aliphatic carbocycles. The van der Waals surface area contributed by atoms with E-state index in [-0.39, 0.29) is 11.1 Å². The molecule has 1 aromatic carbocycles. The number of pyridine rings is 1. The molecule has 1 atom stereocenters.